The van der Waals surface area contributed by atoms with Crippen molar-refractivity contribution in [2.45, 2.75) is 11.8 Å². The van der Waals surface area contributed by atoms with Crippen LogP contribution in [0.4, 0.5) is 11.4 Å². The van der Waals surface area contributed by atoms with Crippen LogP contribution in [0.5, 0.6) is 0 Å². The average molecular weight is 456 g/mol. The minimum atomic E-state index is -0.144. The molecule has 0 saturated carbocycles. The summed E-state index contributed by atoms with van der Waals surface area (Å²) in [5.41, 5.74) is 4.66. The number of nitrogens with zero attached hydrogens (tertiary/aromatic N) is 2. The van der Waals surface area contributed by atoms with Gasteiger partial charge in [-0.05, 0) is 48.9 Å². The van der Waals surface area contributed by atoms with Gasteiger partial charge in [-0.2, -0.15) is 0 Å². The van der Waals surface area contributed by atoms with Crippen molar-refractivity contribution >= 4 is 41.0 Å². The van der Waals surface area contributed by atoms with Crippen molar-refractivity contribution in [2.24, 2.45) is 0 Å². The number of amides is 2. The van der Waals surface area contributed by atoms with E-state index in [1.54, 1.807) is 6.07 Å². The first kappa shape index (κ1) is 21.3. The number of thioether (sulfide) groups is 1. The van der Waals surface area contributed by atoms with E-state index in [0.717, 1.165) is 23.5 Å². The summed E-state index contributed by atoms with van der Waals surface area (Å²) in [6.07, 6.45) is 1.90. The summed E-state index contributed by atoms with van der Waals surface area (Å²) in [4.78, 5) is 31.6. The normalized spacial score (nSPS) is 17.0. The van der Waals surface area contributed by atoms with E-state index < -0.39 is 0 Å². The monoisotopic (exact) mass is 455 g/mol. The van der Waals surface area contributed by atoms with Crippen LogP contribution in [0, 0.1) is 6.92 Å². The van der Waals surface area contributed by atoms with Crippen LogP contribution in [0.1, 0.15) is 21.5 Å². The molecule has 1 saturated heterocycles. The summed E-state index contributed by atoms with van der Waals surface area (Å²) in [6.45, 7) is 5.00. The fraction of sp³-hybridized carbons (Fsp3) is 0.185. The van der Waals surface area contributed by atoms with Crippen molar-refractivity contribution in [3.05, 3.63) is 94.4 Å². The fourth-order valence-electron chi connectivity index (χ4n) is 4.10. The van der Waals surface area contributed by atoms with Gasteiger partial charge in [-0.1, -0.05) is 59.8 Å². The molecule has 0 bridgehead atoms. The summed E-state index contributed by atoms with van der Waals surface area (Å²) < 4.78 is 0. The third-order valence-electron chi connectivity index (χ3n) is 5.98. The number of hydrogen-bond acceptors (Lipinski definition) is 4. The van der Waals surface area contributed by atoms with Crippen LogP contribution < -0.4 is 10.2 Å². The molecule has 6 heteroatoms. The first-order valence-corrected chi connectivity index (χ1v) is 11.9. The van der Waals surface area contributed by atoms with Gasteiger partial charge in [0, 0.05) is 42.3 Å². The van der Waals surface area contributed by atoms with Crippen molar-refractivity contribution in [3.63, 3.8) is 0 Å². The Bertz CT molecular complexity index is 1210. The van der Waals surface area contributed by atoms with E-state index in [9.17, 15) is 9.59 Å². The number of hydrogen-bond donors (Lipinski definition) is 1. The summed E-state index contributed by atoms with van der Waals surface area (Å²) in [6, 6.07) is 23.9. The maximum atomic E-state index is 13.1. The standard InChI is InChI=1S/C27H25N3O2S/c1-19-7-9-20(10-8-19)17-25-26(31)28-23-18-21(11-12-24(23)33-25)27(32)30-15-13-29(14-16-30)22-5-3-2-4-6-22/h2-12,17-18H,13-16H2,1H3,(H,28,31)/b25-17+. The molecule has 5 rings (SSSR count). The van der Waals surface area contributed by atoms with E-state index >= 15 is 0 Å². The highest BCUT2D eigenvalue weighted by atomic mass is 32.2. The minimum Gasteiger partial charge on any atom is -0.368 e. The number of carbonyl (C=O) groups excluding carboxylic acids is 2. The molecule has 0 radical (unpaired) electrons. The molecule has 1 N–H and O–H groups in total. The van der Waals surface area contributed by atoms with Gasteiger partial charge in [0.25, 0.3) is 11.8 Å². The zero-order chi connectivity index (χ0) is 22.8. The van der Waals surface area contributed by atoms with Gasteiger partial charge in [-0.15, -0.1) is 0 Å². The van der Waals surface area contributed by atoms with E-state index in [1.165, 1.54) is 23.0 Å². The molecule has 0 atom stereocenters. The highest BCUT2D eigenvalue weighted by Gasteiger charge is 2.25. The Balaban J connectivity index is 1.27. The van der Waals surface area contributed by atoms with E-state index in [-0.39, 0.29) is 11.8 Å². The second-order valence-corrected chi connectivity index (χ2v) is 9.38. The number of anilines is 2. The molecule has 2 heterocycles. The maximum Gasteiger partial charge on any atom is 0.262 e. The molecule has 3 aromatic carbocycles. The Morgan fingerprint density at radius 2 is 1.67 bits per heavy atom. The molecular formula is C27H25N3O2S. The molecular weight excluding hydrogens is 430 g/mol. The van der Waals surface area contributed by atoms with Crippen LogP contribution >= 0.6 is 11.8 Å². The molecule has 0 spiro atoms. The van der Waals surface area contributed by atoms with Crippen LogP contribution in [0.25, 0.3) is 6.08 Å². The van der Waals surface area contributed by atoms with Crippen LogP contribution in [0.3, 0.4) is 0 Å². The predicted molar refractivity (Wildman–Crippen MR) is 135 cm³/mol. The largest absolute Gasteiger partial charge is 0.368 e. The second-order valence-electron chi connectivity index (χ2n) is 8.30. The lowest BCUT2D eigenvalue weighted by atomic mass is 10.1. The van der Waals surface area contributed by atoms with Gasteiger partial charge in [0.2, 0.25) is 0 Å². The van der Waals surface area contributed by atoms with E-state index in [0.29, 0.717) is 29.2 Å². The van der Waals surface area contributed by atoms with Gasteiger partial charge < -0.3 is 15.1 Å². The number of para-hydroxylation sites is 1. The van der Waals surface area contributed by atoms with Crippen molar-refractivity contribution in [1.82, 2.24) is 4.90 Å². The minimum absolute atomic E-state index is 0.00533. The number of rotatable bonds is 3. The summed E-state index contributed by atoms with van der Waals surface area (Å²) in [5, 5.41) is 2.96. The Hall–Kier alpha value is -3.51. The highest BCUT2D eigenvalue weighted by molar-refractivity contribution is 8.04. The Morgan fingerprint density at radius 3 is 2.39 bits per heavy atom. The molecule has 1 fully saturated rings. The van der Waals surface area contributed by atoms with Crippen LogP contribution in [-0.2, 0) is 4.79 Å². The molecule has 5 nitrogen and oxygen atoms in total. The number of benzene rings is 3. The number of fused-ring (bicyclic) bond motifs is 1. The Morgan fingerprint density at radius 1 is 0.939 bits per heavy atom. The molecule has 0 aliphatic carbocycles. The van der Waals surface area contributed by atoms with Gasteiger partial charge in [-0.25, -0.2) is 0 Å². The first-order valence-electron chi connectivity index (χ1n) is 11.1. The summed E-state index contributed by atoms with van der Waals surface area (Å²) in [5.74, 6) is -0.139. The average Bonchev–Trinajstić information content (AvgIpc) is 2.86. The smallest absolute Gasteiger partial charge is 0.262 e. The van der Waals surface area contributed by atoms with Gasteiger partial charge in [0.05, 0.1) is 10.6 Å². The topological polar surface area (TPSA) is 52.7 Å². The predicted octanol–water partition coefficient (Wildman–Crippen LogP) is 5.04. The zero-order valence-corrected chi connectivity index (χ0v) is 19.3. The molecule has 3 aromatic rings. The summed E-state index contributed by atoms with van der Waals surface area (Å²) in [7, 11) is 0. The molecule has 2 aliphatic rings. The fourth-order valence-corrected chi connectivity index (χ4v) is 5.03. The van der Waals surface area contributed by atoms with Crippen molar-refractivity contribution in [3.8, 4) is 0 Å². The first-order chi connectivity index (χ1) is 16.1. The lowest BCUT2D eigenvalue weighted by Crippen LogP contribution is -2.48. The zero-order valence-electron chi connectivity index (χ0n) is 18.5. The lowest BCUT2D eigenvalue weighted by molar-refractivity contribution is -0.112. The second kappa shape index (κ2) is 9.16. The van der Waals surface area contributed by atoms with Crippen molar-refractivity contribution in [2.75, 3.05) is 36.4 Å². The number of carbonyl (C=O) groups is 2. The SMILES string of the molecule is Cc1ccc(/C=C2/Sc3ccc(C(=O)N4CCN(c5ccccc5)CC4)cc3NC2=O)cc1. The third-order valence-corrected chi connectivity index (χ3v) is 7.08. The van der Waals surface area contributed by atoms with E-state index in [1.807, 2.05) is 72.5 Å². The van der Waals surface area contributed by atoms with Gasteiger partial charge in [0.1, 0.15) is 0 Å². The molecule has 0 unspecified atom stereocenters. The number of piperazine rings is 1. The molecule has 33 heavy (non-hydrogen) atoms. The molecule has 2 aliphatic heterocycles. The van der Waals surface area contributed by atoms with Crippen LogP contribution in [-0.4, -0.2) is 42.9 Å². The maximum absolute atomic E-state index is 13.1. The molecule has 0 aromatic heterocycles. The lowest BCUT2D eigenvalue weighted by Gasteiger charge is -2.36. The molecule has 166 valence electrons. The van der Waals surface area contributed by atoms with Crippen LogP contribution in [0.15, 0.2) is 82.6 Å². The quantitative estimate of drug-likeness (QED) is 0.562. The summed E-state index contributed by atoms with van der Waals surface area (Å²) >= 11 is 1.44. The van der Waals surface area contributed by atoms with E-state index in [4.69, 9.17) is 0 Å². The van der Waals surface area contributed by atoms with E-state index in [2.05, 4.69) is 22.3 Å². The third kappa shape index (κ3) is 4.66. The number of nitrogens with one attached hydrogen (secondary N) is 1. The highest BCUT2D eigenvalue weighted by Crippen LogP contribution is 2.39. The van der Waals surface area contributed by atoms with Gasteiger partial charge in [-0.3, -0.25) is 9.59 Å². The number of aryl methyl sites for hydroxylation is 1. The van der Waals surface area contributed by atoms with Crippen LogP contribution in [0.2, 0.25) is 0 Å². The van der Waals surface area contributed by atoms with Crippen molar-refractivity contribution in [1.29, 1.82) is 0 Å². The van der Waals surface area contributed by atoms with Gasteiger partial charge in [0.15, 0.2) is 0 Å². The van der Waals surface area contributed by atoms with Gasteiger partial charge >= 0.3 is 0 Å². The Labute approximate surface area is 198 Å². The van der Waals surface area contributed by atoms with Crippen molar-refractivity contribution < 1.29 is 9.59 Å². The molecule has 2 amide bonds. The Kier molecular flexibility index (Phi) is 5.92.